The molecule has 1 fully saturated rings. The van der Waals surface area contributed by atoms with Gasteiger partial charge in [0.1, 0.15) is 5.82 Å². The molecule has 1 saturated heterocycles. The Morgan fingerprint density at radius 3 is 2.70 bits per heavy atom. The molecular weight excluding hydrogens is 259 g/mol. The third-order valence-electron chi connectivity index (χ3n) is 3.37. The van der Waals surface area contributed by atoms with Gasteiger partial charge in [-0.15, -0.1) is 0 Å². The topological polar surface area (TPSA) is 49.4 Å². The van der Waals surface area contributed by atoms with Crippen molar-refractivity contribution in [2.24, 2.45) is 0 Å². The minimum atomic E-state index is -0.348. The van der Waals surface area contributed by atoms with Crippen molar-refractivity contribution in [1.82, 2.24) is 10.2 Å². The van der Waals surface area contributed by atoms with Crippen LogP contribution >= 0.6 is 0 Å². The molecule has 20 heavy (non-hydrogen) atoms. The van der Waals surface area contributed by atoms with Crippen molar-refractivity contribution in [3.63, 3.8) is 0 Å². The van der Waals surface area contributed by atoms with Gasteiger partial charge in [-0.3, -0.25) is 9.59 Å². The molecule has 0 radical (unpaired) electrons. The molecule has 108 valence electrons. The van der Waals surface area contributed by atoms with Crippen molar-refractivity contribution in [3.8, 4) is 0 Å². The predicted molar refractivity (Wildman–Crippen MR) is 73.5 cm³/mol. The fourth-order valence-electron chi connectivity index (χ4n) is 2.33. The van der Waals surface area contributed by atoms with Crippen LogP contribution in [0.25, 0.3) is 0 Å². The van der Waals surface area contributed by atoms with Crippen LogP contribution < -0.4 is 5.32 Å². The van der Waals surface area contributed by atoms with Gasteiger partial charge in [0.2, 0.25) is 11.8 Å². The number of halogens is 1. The Balaban J connectivity index is 1.68. The van der Waals surface area contributed by atoms with Gasteiger partial charge in [0.05, 0.1) is 6.42 Å². The van der Waals surface area contributed by atoms with Crippen molar-refractivity contribution in [2.75, 3.05) is 19.6 Å². The summed E-state index contributed by atoms with van der Waals surface area (Å²) >= 11 is 0. The van der Waals surface area contributed by atoms with Crippen LogP contribution in [-0.4, -0.2) is 36.3 Å². The Labute approximate surface area is 118 Å². The Bertz CT molecular complexity index is 485. The molecule has 0 saturated carbocycles. The van der Waals surface area contributed by atoms with Crippen LogP contribution in [0.5, 0.6) is 0 Å². The molecule has 1 aromatic carbocycles. The number of carbonyl (C=O) groups excluding carboxylic acids is 2. The second-order valence-electron chi connectivity index (χ2n) is 4.99. The van der Waals surface area contributed by atoms with E-state index in [0.717, 1.165) is 25.9 Å². The molecule has 0 unspecified atom stereocenters. The van der Waals surface area contributed by atoms with E-state index in [1.807, 2.05) is 4.90 Å². The van der Waals surface area contributed by atoms with Crippen LogP contribution in [0.15, 0.2) is 24.3 Å². The van der Waals surface area contributed by atoms with Crippen molar-refractivity contribution >= 4 is 11.8 Å². The summed E-state index contributed by atoms with van der Waals surface area (Å²) in [4.78, 5) is 25.3. The monoisotopic (exact) mass is 278 g/mol. The summed E-state index contributed by atoms with van der Waals surface area (Å²) < 4.78 is 13.0. The van der Waals surface area contributed by atoms with Gasteiger partial charge >= 0.3 is 0 Å². The zero-order valence-electron chi connectivity index (χ0n) is 11.4. The second-order valence-corrected chi connectivity index (χ2v) is 4.99. The fraction of sp³-hybridized carbons (Fsp3) is 0.467. The van der Waals surface area contributed by atoms with E-state index in [1.54, 1.807) is 12.1 Å². The van der Waals surface area contributed by atoms with E-state index in [4.69, 9.17) is 0 Å². The average Bonchev–Trinajstić information content (AvgIpc) is 2.92. The number of carbonyl (C=O) groups is 2. The predicted octanol–water partition coefficient (Wildman–Crippen LogP) is 1.50. The van der Waals surface area contributed by atoms with E-state index in [9.17, 15) is 14.0 Å². The van der Waals surface area contributed by atoms with Crippen LogP contribution in [-0.2, 0) is 16.0 Å². The fourth-order valence-corrected chi connectivity index (χ4v) is 2.33. The lowest BCUT2D eigenvalue weighted by atomic mass is 10.1. The quantitative estimate of drug-likeness (QED) is 0.887. The highest BCUT2D eigenvalue weighted by molar-refractivity contribution is 5.80. The van der Waals surface area contributed by atoms with Gasteiger partial charge in [-0.25, -0.2) is 4.39 Å². The Kier molecular flexibility index (Phi) is 5.09. The number of hydrogen-bond donors (Lipinski definition) is 1. The highest BCUT2D eigenvalue weighted by Gasteiger charge is 2.17. The standard InChI is InChI=1S/C15H19FN2O2/c16-13-5-3-4-12(10-13)11-14(19)17-7-6-15(20)18-8-1-2-9-18/h3-5,10H,1-2,6-9,11H2,(H,17,19). The highest BCUT2D eigenvalue weighted by atomic mass is 19.1. The van der Waals surface area contributed by atoms with Crippen LogP contribution in [0.1, 0.15) is 24.8 Å². The van der Waals surface area contributed by atoms with Crippen LogP contribution in [0.2, 0.25) is 0 Å². The summed E-state index contributed by atoms with van der Waals surface area (Å²) in [5.41, 5.74) is 0.633. The molecule has 2 rings (SSSR count). The molecule has 5 heteroatoms. The summed E-state index contributed by atoms with van der Waals surface area (Å²) in [7, 11) is 0. The second kappa shape index (κ2) is 7.03. The van der Waals surface area contributed by atoms with E-state index < -0.39 is 0 Å². The van der Waals surface area contributed by atoms with E-state index in [1.165, 1.54) is 12.1 Å². The number of likely N-dealkylation sites (tertiary alicyclic amines) is 1. The van der Waals surface area contributed by atoms with Gasteiger partial charge in [0, 0.05) is 26.1 Å². The van der Waals surface area contributed by atoms with Crippen LogP contribution in [0, 0.1) is 5.82 Å². The van der Waals surface area contributed by atoms with Gasteiger partial charge < -0.3 is 10.2 Å². The molecule has 0 spiro atoms. The first-order valence-electron chi connectivity index (χ1n) is 6.94. The first kappa shape index (κ1) is 14.5. The molecule has 4 nitrogen and oxygen atoms in total. The number of amides is 2. The number of nitrogens with one attached hydrogen (secondary N) is 1. The summed E-state index contributed by atoms with van der Waals surface area (Å²) in [5, 5.41) is 2.70. The number of rotatable bonds is 5. The van der Waals surface area contributed by atoms with Gasteiger partial charge in [-0.1, -0.05) is 12.1 Å². The van der Waals surface area contributed by atoms with Gasteiger partial charge in [-0.2, -0.15) is 0 Å². The van der Waals surface area contributed by atoms with Gasteiger partial charge in [-0.05, 0) is 30.5 Å². The molecule has 0 atom stereocenters. The minimum absolute atomic E-state index is 0.0913. The summed E-state index contributed by atoms with van der Waals surface area (Å²) in [6, 6.07) is 5.97. The van der Waals surface area contributed by atoms with Crippen LogP contribution in [0.3, 0.4) is 0 Å². The van der Waals surface area contributed by atoms with E-state index in [0.29, 0.717) is 18.5 Å². The number of benzene rings is 1. The molecular formula is C15H19FN2O2. The van der Waals surface area contributed by atoms with E-state index in [2.05, 4.69) is 5.32 Å². The third-order valence-corrected chi connectivity index (χ3v) is 3.37. The maximum Gasteiger partial charge on any atom is 0.224 e. The minimum Gasteiger partial charge on any atom is -0.355 e. The number of hydrogen-bond acceptors (Lipinski definition) is 2. The maximum absolute atomic E-state index is 13.0. The Morgan fingerprint density at radius 1 is 1.25 bits per heavy atom. The van der Waals surface area contributed by atoms with Crippen molar-refractivity contribution < 1.29 is 14.0 Å². The van der Waals surface area contributed by atoms with Crippen LogP contribution in [0.4, 0.5) is 4.39 Å². The summed E-state index contributed by atoms with van der Waals surface area (Å²) in [5.74, 6) is -0.446. The first-order chi connectivity index (χ1) is 9.65. The van der Waals surface area contributed by atoms with Gasteiger partial charge in [0.25, 0.3) is 0 Å². The van der Waals surface area contributed by atoms with Crippen molar-refractivity contribution in [3.05, 3.63) is 35.6 Å². The molecule has 1 aromatic rings. The largest absolute Gasteiger partial charge is 0.355 e. The molecule has 0 aromatic heterocycles. The van der Waals surface area contributed by atoms with E-state index in [-0.39, 0.29) is 24.1 Å². The lowest BCUT2D eigenvalue weighted by Crippen LogP contribution is -2.33. The molecule has 1 heterocycles. The Morgan fingerprint density at radius 2 is 2.00 bits per heavy atom. The summed E-state index contributed by atoms with van der Waals surface area (Å²) in [6.45, 7) is 2.00. The molecule has 0 aliphatic carbocycles. The summed E-state index contributed by atoms with van der Waals surface area (Å²) in [6.07, 6.45) is 2.60. The number of nitrogens with zero attached hydrogens (tertiary/aromatic N) is 1. The maximum atomic E-state index is 13.0. The molecule has 2 amide bonds. The van der Waals surface area contributed by atoms with Crippen molar-refractivity contribution in [2.45, 2.75) is 25.7 Å². The zero-order valence-corrected chi connectivity index (χ0v) is 11.4. The Hall–Kier alpha value is -1.91. The first-order valence-corrected chi connectivity index (χ1v) is 6.94. The highest BCUT2D eigenvalue weighted by Crippen LogP contribution is 2.08. The normalized spacial score (nSPS) is 14.3. The SMILES string of the molecule is O=C(Cc1cccc(F)c1)NCCC(=O)N1CCCC1. The van der Waals surface area contributed by atoms with Crippen molar-refractivity contribution in [1.29, 1.82) is 0 Å². The lowest BCUT2D eigenvalue weighted by Gasteiger charge is -2.15. The average molecular weight is 278 g/mol. The van der Waals surface area contributed by atoms with Gasteiger partial charge in [0.15, 0.2) is 0 Å². The smallest absolute Gasteiger partial charge is 0.224 e. The van der Waals surface area contributed by atoms with E-state index >= 15 is 0 Å². The molecule has 0 bridgehead atoms. The molecule has 1 aliphatic heterocycles. The molecule has 1 aliphatic rings. The molecule has 1 N–H and O–H groups in total. The third kappa shape index (κ3) is 4.33. The zero-order chi connectivity index (χ0) is 14.4. The lowest BCUT2D eigenvalue weighted by molar-refractivity contribution is -0.130.